The molecule has 2 aromatic rings. The summed E-state index contributed by atoms with van der Waals surface area (Å²) in [4.78, 5) is 18.7. The molecule has 3 rings (SSSR count). The Morgan fingerprint density at radius 1 is 0.844 bits per heavy atom. The second kappa shape index (κ2) is 21.1. The van der Waals surface area contributed by atoms with E-state index < -0.39 is 0 Å². The summed E-state index contributed by atoms with van der Waals surface area (Å²) in [6.45, 7) is 15.3. The molecule has 2 aromatic carbocycles. The highest BCUT2D eigenvalue weighted by molar-refractivity contribution is 8.93. The number of hydrogen-bond donors (Lipinski definition) is 0. The van der Waals surface area contributed by atoms with Gasteiger partial charge >= 0.3 is 0 Å². The largest absolute Gasteiger partial charge is 0.493 e. The Kier molecular flexibility index (Phi) is 18.4. The van der Waals surface area contributed by atoms with Crippen molar-refractivity contribution in [2.45, 2.75) is 144 Å². The molecule has 252 valence electrons. The molecule has 0 unspecified atom stereocenters. The molecule has 0 atom stereocenters. The van der Waals surface area contributed by atoms with Gasteiger partial charge in [0.05, 0.1) is 19.0 Å². The number of allylic oxidation sites excluding steroid dienone is 1. The maximum Gasteiger partial charge on any atom is 0.227 e. The van der Waals surface area contributed by atoms with Gasteiger partial charge in [-0.05, 0) is 64.6 Å². The summed E-state index contributed by atoms with van der Waals surface area (Å²) < 4.78 is 6.35. The molecule has 4 nitrogen and oxygen atoms in total. The van der Waals surface area contributed by atoms with Gasteiger partial charge in [-0.1, -0.05) is 123 Å². The second-order valence-electron chi connectivity index (χ2n) is 13.6. The van der Waals surface area contributed by atoms with Crippen molar-refractivity contribution in [1.82, 2.24) is 4.90 Å². The summed E-state index contributed by atoms with van der Waals surface area (Å²) in [6.07, 6.45) is 18.9. The van der Waals surface area contributed by atoms with Gasteiger partial charge in [0, 0.05) is 24.9 Å². The fraction of sp³-hybridized carbons (Fsp3) is 0.615. The first-order valence-electron chi connectivity index (χ1n) is 17.4. The van der Waals surface area contributed by atoms with Crippen LogP contribution in [0.1, 0.15) is 142 Å². The average Bonchev–Trinajstić information content (AvgIpc) is 3.42. The van der Waals surface area contributed by atoms with E-state index in [9.17, 15) is 4.79 Å². The highest BCUT2D eigenvalue weighted by atomic mass is 79.9. The first-order valence-corrected chi connectivity index (χ1v) is 18.4. The molecule has 0 spiro atoms. The van der Waals surface area contributed by atoms with Crippen LogP contribution in [0.4, 0.5) is 5.69 Å². The first kappa shape index (κ1) is 39.3. The van der Waals surface area contributed by atoms with Crippen LogP contribution in [0.5, 0.6) is 5.75 Å². The lowest BCUT2D eigenvalue weighted by Gasteiger charge is -2.27. The number of benzene rings is 2. The van der Waals surface area contributed by atoms with E-state index in [0.717, 1.165) is 42.4 Å². The Balaban J connectivity index is 0.00000705. The molecule has 0 radical (unpaired) electrons. The SMILES string of the molecule is Br.CCCCCCCCCCCCCCOc1ccc(CN(C(=O)CC)c2ccc(CN3C=C(C)SC3)cc2)cc1C(C)(C)C. The van der Waals surface area contributed by atoms with Crippen molar-refractivity contribution in [2.75, 3.05) is 17.4 Å². The highest BCUT2D eigenvalue weighted by Gasteiger charge is 2.22. The molecule has 45 heavy (non-hydrogen) atoms. The number of ether oxygens (including phenoxy) is 1. The Labute approximate surface area is 290 Å². The van der Waals surface area contributed by atoms with E-state index in [1.807, 2.05) is 23.6 Å². The smallest absolute Gasteiger partial charge is 0.227 e. The molecule has 0 bridgehead atoms. The number of thioether (sulfide) groups is 1. The van der Waals surface area contributed by atoms with Crippen LogP contribution in [0.2, 0.25) is 0 Å². The lowest BCUT2D eigenvalue weighted by atomic mass is 9.85. The number of carbonyl (C=O) groups is 1. The lowest BCUT2D eigenvalue weighted by Crippen LogP contribution is -2.30. The lowest BCUT2D eigenvalue weighted by molar-refractivity contribution is -0.118. The zero-order valence-electron chi connectivity index (χ0n) is 29.2. The molecule has 0 aromatic heterocycles. The Hall–Kier alpha value is -1.92. The maximum atomic E-state index is 13.1. The van der Waals surface area contributed by atoms with E-state index in [1.54, 1.807) is 0 Å². The predicted octanol–water partition coefficient (Wildman–Crippen LogP) is 12.0. The van der Waals surface area contributed by atoms with Gasteiger partial charge in [-0.25, -0.2) is 0 Å². The van der Waals surface area contributed by atoms with E-state index >= 15 is 0 Å². The van der Waals surface area contributed by atoms with Crippen LogP contribution in [-0.4, -0.2) is 23.3 Å². The predicted molar refractivity (Wildman–Crippen MR) is 202 cm³/mol. The van der Waals surface area contributed by atoms with Crippen LogP contribution in [0.3, 0.4) is 0 Å². The number of halogens is 1. The van der Waals surface area contributed by atoms with E-state index in [4.69, 9.17) is 4.74 Å². The van der Waals surface area contributed by atoms with Gasteiger partial charge < -0.3 is 14.5 Å². The van der Waals surface area contributed by atoms with E-state index in [1.165, 1.54) is 86.7 Å². The molecular weight excluding hydrogens is 640 g/mol. The molecular formula is C39H61BrN2O2S. The number of anilines is 1. The summed E-state index contributed by atoms with van der Waals surface area (Å²) in [5, 5.41) is 0. The standard InChI is InChI=1S/C39H60N2O2S.BrH/c1-7-9-10-11-12-13-14-15-16-17-18-19-26-43-37-25-22-34(27-36(37)39(4,5)6)30-41(38(42)8-2)35-23-20-33(21-24-35)29-40-28-32(3)44-31-40;/h20-25,27-28H,7-19,26,29-31H2,1-6H3;1H. The van der Waals surface area contributed by atoms with Crippen molar-refractivity contribution < 1.29 is 9.53 Å². The third-order valence-electron chi connectivity index (χ3n) is 8.51. The van der Waals surface area contributed by atoms with Crippen molar-refractivity contribution in [3.8, 4) is 5.75 Å². The van der Waals surface area contributed by atoms with Gasteiger partial charge in [0.1, 0.15) is 5.75 Å². The highest BCUT2D eigenvalue weighted by Crippen LogP contribution is 2.33. The molecule has 0 N–H and O–H groups in total. The van der Waals surface area contributed by atoms with Crippen LogP contribution >= 0.6 is 28.7 Å². The monoisotopic (exact) mass is 700 g/mol. The third-order valence-corrected chi connectivity index (χ3v) is 9.53. The minimum atomic E-state index is -0.0518. The number of amides is 1. The molecule has 0 saturated heterocycles. The minimum Gasteiger partial charge on any atom is -0.493 e. The van der Waals surface area contributed by atoms with Crippen molar-refractivity contribution >= 4 is 40.3 Å². The average molecular weight is 702 g/mol. The summed E-state index contributed by atoms with van der Waals surface area (Å²) in [5.74, 6) is 2.12. The number of unbranched alkanes of at least 4 members (excludes halogenated alkanes) is 11. The third kappa shape index (κ3) is 14.2. The zero-order valence-corrected chi connectivity index (χ0v) is 31.7. The van der Waals surface area contributed by atoms with Crippen LogP contribution in [-0.2, 0) is 23.3 Å². The number of rotatable bonds is 20. The summed E-state index contributed by atoms with van der Waals surface area (Å²) in [5.41, 5.74) is 4.50. The maximum absolute atomic E-state index is 13.1. The van der Waals surface area contributed by atoms with Crippen LogP contribution in [0.15, 0.2) is 53.6 Å². The minimum absolute atomic E-state index is 0. The molecule has 0 fully saturated rings. The fourth-order valence-electron chi connectivity index (χ4n) is 5.83. The van der Waals surface area contributed by atoms with Crippen LogP contribution in [0.25, 0.3) is 0 Å². The van der Waals surface area contributed by atoms with Crippen molar-refractivity contribution in [3.63, 3.8) is 0 Å². The van der Waals surface area contributed by atoms with Gasteiger partial charge in [-0.2, -0.15) is 0 Å². The number of carbonyl (C=O) groups excluding carboxylic acids is 1. The second-order valence-corrected chi connectivity index (χ2v) is 14.8. The van der Waals surface area contributed by atoms with Crippen LogP contribution < -0.4 is 9.64 Å². The van der Waals surface area contributed by atoms with Crippen molar-refractivity contribution in [2.24, 2.45) is 0 Å². The molecule has 1 aliphatic rings. The van der Waals surface area contributed by atoms with E-state index in [0.29, 0.717) is 13.0 Å². The van der Waals surface area contributed by atoms with Gasteiger partial charge in [-0.3, -0.25) is 4.79 Å². The summed E-state index contributed by atoms with van der Waals surface area (Å²) in [7, 11) is 0. The van der Waals surface area contributed by atoms with Crippen molar-refractivity contribution in [1.29, 1.82) is 0 Å². The van der Waals surface area contributed by atoms with E-state index in [2.05, 4.69) is 88.2 Å². The zero-order chi connectivity index (χ0) is 31.8. The molecule has 1 heterocycles. The quantitative estimate of drug-likeness (QED) is 0.129. The topological polar surface area (TPSA) is 32.8 Å². The van der Waals surface area contributed by atoms with Gasteiger partial charge in [0.15, 0.2) is 0 Å². The molecule has 1 aliphatic heterocycles. The molecule has 6 heteroatoms. The van der Waals surface area contributed by atoms with Gasteiger partial charge in [0.2, 0.25) is 5.91 Å². The van der Waals surface area contributed by atoms with Gasteiger partial charge in [-0.15, -0.1) is 28.7 Å². The summed E-state index contributed by atoms with van der Waals surface area (Å²) >= 11 is 1.88. The molecule has 0 saturated carbocycles. The Morgan fingerprint density at radius 3 is 1.96 bits per heavy atom. The number of hydrogen-bond acceptors (Lipinski definition) is 4. The Morgan fingerprint density at radius 2 is 1.42 bits per heavy atom. The van der Waals surface area contributed by atoms with Crippen LogP contribution in [0, 0.1) is 0 Å². The fourth-order valence-corrected chi connectivity index (χ4v) is 6.59. The van der Waals surface area contributed by atoms with Crippen molar-refractivity contribution in [3.05, 3.63) is 70.3 Å². The normalized spacial score (nSPS) is 13.0. The summed E-state index contributed by atoms with van der Waals surface area (Å²) in [6, 6.07) is 15.0. The molecule has 0 aliphatic carbocycles. The number of nitrogens with zero attached hydrogens (tertiary/aromatic N) is 2. The first-order chi connectivity index (χ1) is 21.2. The van der Waals surface area contributed by atoms with E-state index in [-0.39, 0.29) is 28.3 Å². The van der Waals surface area contributed by atoms with Gasteiger partial charge in [0.25, 0.3) is 0 Å². The molecule has 1 amide bonds. The Bertz CT molecular complexity index is 1160.